The fraction of sp³-hybridized carbons (Fsp3) is 0.733. The van der Waals surface area contributed by atoms with Gasteiger partial charge in [0.15, 0.2) is 0 Å². The Labute approximate surface area is 119 Å². The van der Waals surface area contributed by atoms with E-state index in [-0.39, 0.29) is 12.0 Å². The zero-order valence-electron chi connectivity index (χ0n) is 12.1. The van der Waals surface area contributed by atoms with Crippen molar-refractivity contribution in [3.63, 3.8) is 0 Å². The number of aromatic nitrogens is 2. The number of carbonyl (C=O) groups excluding carboxylic acids is 1. The maximum absolute atomic E-state index is 12.4. The molecule has 2 atom stereocenters. The van der Waals surface area contributed by atoms with Crippen molar-refractivity contribution in [3.05, 3.63) is 18.0 Å². The van der Waals surface area contributed by atoms with Crippen LogP contribution in [0.3, 0.4) is 0 Å². The second-order valence-corrected chi connectivity index (χ2v) is 5.96. The monoisotopic (exact) mass is 277 g/mol. The second-order valence-electron chi connectivity index (χ2n) is 5.96. The molecule has 1 amide bonds. The maximum atomic E-state index is 12.4. The summed E-state index contributed by atoms with van der Waals surface area (Å²) in [4.78, 5) is 14.5. The van der Waals surface area contributed by atoms with Crippen LogP contribution in [0.5, 0.6) is 0 Å². The average molecular weight is 277 g/mol. The number of hydrogen-bond donors (Lipinski definition) is 0. The molecule has 2 fully saturated rings. The van der Waals surface area contributed by atoms with Crippen molar-refractivity contribution in [2.24, 2.45) is 0 Å². The highest BCUT2D eigenvalue weighted by atomic mass is 16.5. The molecule has 3 rings (SSSR count). The Kier molecular flexibility index (Phi) is 4.05. The largest absolute Gasteiger partial charge is 0.378 e. The summed E-state index contributed by atoms with van der Waals surface area (Å²) in [7, 11) is 0. The van der Waals surface area contributed by atoms with Crippen LogP contribution >= 0.6 is 0 Å². The fourth-order valence-corrected chi connectivity index (χ4v) is 3.25. The third-order valence-electron chi connectivity index (χ3n) is 4.28. The zero-order chi connectivity index (χ0) is 13.9. The van der Waals surface area contributed by atoms with Crippen LogP contribution in [-0.2, 0) is 16.1 Å². The molecule has 20 heavy (non-hydrogen) atoms. The molecule has 2 aliphatic heterocycles. The summed E-state index contributed by atoms with van der Waals surface area (Å²) in [6, 6.07) is 0.295. The van der Waals surface area contributed by atoms with E-state index in [4.69, 9.17) is 4.74 Å². The average Bonchev–Trinajstić information content (AvgIpc) is 3.12. The molecule has 2 aliphatic rings. The lowest BCUT2D eigenvalue weighted by Crippen LogP contribution is -2.39. The van der Waals surface area contributed by atoms with Crippen LogP contribution in [0, 0.1) is 6.92 Å². The van der Waals surface area contributed by atoms with Gasteiger partial charge in [0.05, 0.1) is 31.3 Å². The first-order chi connectivity index (χ1) is 9.72. The second kappa shape index (κ2) is 5.95. The third-order valence-corrected chi connectivity index (χ3v) is 4.28. The van der Waals surface area contributed by atoms with Crippen molar-refractivity contribution in [3.8, 4) is 0 Å². The Morgan fingerprint density at radius 2 is 2.35 bits per heavy atom. The topological polar surface area (TPSA) is 47.4 Å². The van der Waals surface area contributed by atoms with Gasteiger partial charge in [0, 0.05) is 19.3 Å². The molecule has 2 unspecified atom stereocenters. The van der Waals surface area contributed by atoms with Gasteiger partial charge in [-0.2, -0.15) is 5.10 Å². The third kappa shape index (κ3) is 3.03. The van der Waals surface area contributed by atoms with Crippen molar-refractivity contribution in [1.29, 1.82) is 0 Å². The lowest BCUT2D eigenvalue weighted by atomic mass is 10.1. The van der Waals surface area contributed by atoms with Gasteiger partial charge in [0.2, 0.25) is 5.91 Å². The number of amides is 1. The SMILES string of the molecule is Cc1cnn(CC2CCCN2C(=O)CC2CCCO2)c1. The normalized spacial score (nSPS) is 26.4. The Morgan fingerprint density at radius 3 is 3.05 bits per heavy atom. The smallest absolute Gasteiger partial charge is 0.225 e. The molecule has 5 heteroatoms. The number of nitrogens with zero attached hydrogens (tertiary/aromatic N) is 3. The molecule has 0 aromatic carbocycles. The van der Waals surface area contributed by atoms with Gasteiger partial charge in [-0.1, -0.05) is 0 Å². The summed E-state index contributed by atoms with van der Waals surface area (Å²) in [6.45, 7) is 4.55. The Balaban J connectivity index is 1.58. The minimum Gasteiger partial charge on any atom is -0.378 e. The first-order valence-electron chi connectivity index (χ1n) is 7.62. The van der Waals surface area contributed by atoms with Crippen LogP contribution in [0.4, 0.5) is 0 Å². The van der Waals surface area contributed by atoms with Crippen LogP contribution in [0.15, 0.2) is 12.4 Å². The van der Waals surface area contributed by atoms with E-state index in [1.54, 1.807) is 0 Å². The van der Waals surface area contributed by atoms with Gasteiger partial charge >= 0.3 is 0 Å². The summed E-state index contributed by atoms with van der Waals surface area (Å²) in [6.07, 6.45) is 8.91. The number of aryl methyl sites for hydroxylation is 1. The van der Waals surface area contributed by atoms with Gasteiger partial charge in [0.25, 0.3) is 0 Å². The lowest BCUT2D eigenvalue weighted by Gasteiger charge is -2.25. The molecule has 110 valence electrons. The van der Waals surface area contributed by atoms with Gasteiger partial charge < -0.3 is 9.64 Å². The minimum absolute atomic E-state index is 0.149. The highest BCUT2D eigenvalue weighted by Gasteiger charge is 2.31. The molecule has 1 aromatic heterocycles. The molecular formula is C15H23N3O2. The highest BCUT2D eigenvalue weighted by molar-refractivity contribution is 5.77. The highest BCUT2D eigenvalue weighted by Crippen LogP contribution is 2.23. The molecule has 0 aliphatic carbocycles. The summed E-state index contributed by atoms with van der Waals surface area (Å²) in [5.74, 6) is 0.253. The van der Waals surface area contributed by atoms with Gasteiger partial charge in [-0.3, -0.25) is 9.48 Å². The van der Waals surface area contributed by atoms with E-state index in [1.165, 1.54) is 5.56 Å². The van der Waals surface area contributed by atoms with Crippen LogP contribution in [0.2, 0.25) is 0 Å². The Bertz CT molecular complexity index is 465. The van der Waals surface area contributed by atoms with Crippen LogP contribution < -0.4 is 0 Å². The molecule has 2 saturated heterocycles. The maximum Gasteiger partial charge on any atom is 0.225 e. The number of hydrogen-bond acceptors (Lipinski definition) is 3. The Morgan fingerprint density at radius 1 is 1.45 bits per heavy atom. The lowest BCUT2D eigenvalue weighted by molar-refractivity contribution is -0.134. The van der Waals surface area contributed by atoms with E-state index >= 15 is 0 Å². The van der Waals surface area contributed by atoms with Crippen molar-refractivity contribution in [2.45, 2.75) is 57.7 Å². The van der Waals surface area contributed by atoms with Gasteiger partial charge in [-0.05, 0) is 38.2 Å². The van der Waals surface area contributed by atoms with Gasteiger partial charge in [0.1, 0.15) is 0 Å². The molecule has 3 heterocycles. The van der Waals surface area contributed by atoms with E-state index < -0.39 is 0 Å². The van der Waals surface area contributed by atoms with E-state index in [9.17, 15) is 4.79 Å². The van der Waals surface area contributed by atoms with Crippen molar-refractivity contribution >= 4 is 5.91 Å². The predicted molar refractivity (Wildman–Crippen MR) is 75.3 cm³/mol. The number of carbonyl (C=O) groups is 1. The summed E-state index contributed by atoms with van der Waals surface area (Å²) >= 11 is 0. The first kappa shape index (κ1) is 13.6. The standard InChI is InChI=1S/C15H23N3O2/c1-12-9-16-17(10-12)11-13-4-2-6-18(13)15(19)8-14-5-3-7-20-14/h9-10,13-14H,2-8,11H2,1H3. The molecule has 0 saturated carbocycles. The van der Waals surface area contributed by atoms with Crippen molar-refractivity contribution in [1.82, 2.24) is 14.7 Å². The van der Waals surface area contributed by atoms with E-state index in [0.29, 0.717) is 12.5 Å². The summed E-state index contributed by atoms with van der Waals surface area (Å²) in [5, 5.41) is 4.33. The molecule has 0 bridgehead atoms. The summed E-state index contributed by atoms with van der Waals surface area (Å²) in [5.41, 5.74) is 1.17. The molecule has 1 aromatic rings. The minimum atomic E-state index is 0.149. The molecule has 5 nitrogen and oxygen atoms in total. The van der Waals surface area contributed by atoms with Crippen molar-refractivity contribution in [2.75, 3.05) is 13.2 Å². The van der Waals surface area contributed by atoms with Crippen LogP contribution in [0.1, 0.15) is 37.7 Å². The van der Waals surface area contributed by atoms with Gasteiger partial charge in [-0.15, -0.1) is 0 Å². The number of rotatable bonds is 4. The van der Waals surface area contributed by atoms with Crippen LogP contribution in [0.25, 0.3) is 0 Å². The van der Waals surface area contributed by atoms with E-state index in [2.05, 4.69) is 5.10 Å². The molecule has 0 N–H and O–H groups in total. The zero-order valence-corrected chi connectivity index (χ0v) is 12.1. The van der Waals surface area contributed by atoms with Crippen LogP contribution in [-0.4, -0.2) is 45.9 Å². The quantitative estimate of drug-likeness (QED) is 0.842. The van der Waals surface area contributed by atoms with Crippen molar-refractivity contribution < 1.29 is 9.53 Å². The predicted octanol–water partition coefficient (Wildman–Crippen LogP) is 1.75. The first-order valence-corrected chi connectivity index (χ1v) is 7.62. The van der Waals surface area contributed by atoms with Gasteiger partial charge in [-0.25, -0.2) is 0 Å². The molecular weight excluding hydrogens is 254 g/mol. The number of likely N-dealkylation sites (tertiary alicyclic amines) is 1. The fourth-order valence-electron chi connectivity index (χ4n) is 3.25. The molecule has 0 radical (unpaired) electrons. The number of ether oxygens (including phenoxy) is 1. The summed E-state index contributed by atoms with van der Waals surface area (Å²) < 4.78 is 7.53. The van der Waals surface area contributed by atoms with E-state index in [0.717, 1.165) is 45.4 Å². The molecule has 0 spiro atoms. The Hall–Kier alpha value is -1.36. The van der Waals surface area contributed by atoms with E-state index in [1.807, 2.05) is 28.9 Å².